The Bertz CT molecular complexity index is 1200. The third kappa shape index (κ3) is 4.58. The van der Waals surface area contributed by atoms with Crippen LogP contribution in [0.2, 0.25) is 0 Å². The number of carbonyl (C=O) groups excluding carboxylic acids is 2. The van der Waals surface area contributed by atoms with E-state index in [-0.39, 0.29) is 18.4 Å². The SMILES string of the molecule is CC(=O)Nc1ccc(OCC(=O)Nc2cccc(-c3ccc4nncn4n3)c2)cc1. The van der Waals surface area contributed by atoms with E-state index in [0.717, 1.165) is 11.3 Å². The molecule has 0 unspecified atom stereocenters. The van der Waals surface area contributed by atoms with Crippen LogP contribution in [-0.4, -0.2) is 38.2 Å². The highest BCUT2D eigenvalue weighted by Crippen LogP contribution is 2.21. The summed E-state index contributed by atoms with van der Waals surface area (Å²) in [5.41, 5.74) is 3.53. The van der Waals surface area contributed by atoms with E-state index >= 15 is 0 Å². The summed E-state index contributed by atoms with van der Waals surface area (Å²) in [5.74, 6) is 0.0850. The number of amides is 2. The molecule has 150 valence electrons. The van der Waals surface area contributed by atoms with Gasteiger partial charge in [0.15, 0.2) is 12.3 Å². The predicted molar refractivity (Wildman–Crippen MR) is 111 cm³/mol. The van der Waals surface area contributed by atoms with Gasteiger partial charge in [0.05, 0.1) is 5.69 Å². The van der Waals surface area contributed by atoms with Gasteiger partial charge in [-0.05, 0) is 48.5 Å². The minimum Gasteiger partial charge on any atom is -0.484 e. The molecule has 2 aromatic carbocycles. The van der Waals surface area contributed by atoms with E-state index in [1.165, 1.54) is 13.3 Å². The fraction of sp³-hybridized carbons (Fsp3) is 0.0952. The molecule has 2 amide bonds. The zero-order valence-corrected chi connectivity index (χ0v) is 16.1. The van der Waals surface area contributed by atoms with Crippen LogP contribution in [0.25, 0.3) is 16.9 Å². The minimum absolute atomic E-state index is 0.144. The minimum atomic E-state index is -0.291. The van der Waals surface area contributed by atoms with E-state index in [1.54, 1.807) is 34.8 Å². The molecule has 4 aromatic rings. The Labute approximate surface area is 171 Å². The lowest BCUT2D eigenvalue weighted by Crippen LogP contribution is -2.20. The molecule has 2 N–H and O–H groups in total. The van der Waals surface area contributed by atoms with E-state index < -0.39 is 0 Å². The Morgan fingerprint density at radius 2 is 1.83 bits per heavy atom. The Balaban J connectivity index is 1.37. The zero-order chi connectivity index (χ0) is 20.9. The summed E-state index contributed by atoms with van der Waals surface area (Å²) in [5, 5.41) is 17.7. The first kappa shape index (κ1) is 19.1. The van der Waals surface area contributed by atoms with Gasteiger partial charge in [-0.1, -0.05) is 12.1 Å². The summed E-state index contributed by atoms with van der Waals surface area (Å²) in [6.07, 6.45) is 1.53. The zero-order valence-electron chi connectivity index (χ0n) is 16.1. The van der Waals surface area contributed by atoms with Gasteiger partial charge < -0.3 is 15.4 Å². The highest BCUT2D eigenvalue weighted by molar-refractivity contribution is 5.92. The molecule has 30 heavy (non-hydrogen) atoms. The Morgan fingerprint density at radius 3 is 2.63 bits per heavy atom. The number of hydrogen-bond donors (Lipinski definition) is 2. The number of nitrogens with one attached hydrogen (secondary N) is 2. The molecule has 0 bridgehead atoms. The lowest BCUT2D eigenvalue weighted by Gasteiger charge is -2.09. The van der Waals surface area contributed by atoms with Gasteiger partial charge in [0.25, 0.3) is 5.91 Å². The number of rotatable bonds is 6. The van der Waals surface area contributed by atoms with Crippen molar-refractivity contribution in [1.29, 1.82) is 0 Å². The fourth-order valence-electron chi connectivity index (χ4n) is 2.82. The number of nitrogens with zero attached hydrogens (tertiary/aromatic N) is 4. The van der Waals surface area contributed by atoms with Gasteiger partial charge in [0.2, 0.25) is 5.91 Å². The molecular formula is C21H18N6O3. The topological polar surface area (TPSA) is 111 Å². The van der Waals surface area contributed by atoms with Crippen molar-refractivity contribution in [3.63, 3.8) is 0 Å². The molecule has 0 spiro atoms. The first-order valence-corrected chi connectivity index (χ1v) is 9.15. The molecule has 0 radical (unpaired) electrons. The quantitative estimate of drug-likeness (QED) is 0.513. The van der Waals surface area contributed by atoms with Crippen LogP contribution in [0.4, 0.5) is 11.4 Å². The number of aromatic nitrogens is 4. The van der Waals surface area contributed by atoms with Gasteiger partial charge in [-0.2, -0.15) is 9.61 Å². The number of fused-ring (bicyclic) bond motifs is 1. The van der Waals surface area contributed by atoms with E-state index in [4.69, 9.17) is 4.74 Å². The van der Waals surface area contributed by atoms with Crippen molar-refractivity contribution < 1.29 is 14.3 Å². The average molecular weight is 402 g/mol. The van der Waals surface area contributed by atoms with E-state index in [2.05, 4.69) is 25.9 Å². The monoisotopic (exact) mass is 402 g/mol. The van der Waals surface area contributed by atoms with Crippen LogP contribution in [0.5, 0.6) is 5.75 Å². The molecule has 0 fully saturated rings. The van der Waals surface area contributed by atoms with Crippen LogP contribution >= 0.6 is 0 Å². The number of benzene rings is 2. The number of carbonyl (C=O) groups is 2. The van der Waals surface area contributed by atoms with E-state index in [1.807, 2.05) is 30.3 Å². The average Bonchev–Trinajstić information content (AvgIpc) is 3.21. The first-order valence-electron chi connectivity index (χ1n) is 9.15. The lowest BCUT2D eigenvalue weighted by atomic mass is 10.1. The second-order valence-electron chi connectivity index (χ2n) is 6.48. The van der Waals surface area contributed by atoms with Crippen molar-refractivity contribution in [3.8, 4) is 17.0 Å². The molecule has 9 heteroatoms. The molecule has 2 aromatic heterocycles. The Morgan fingerprint density at radius 1 is 1.00 bits per heavy atom. The number of hydrogen-bond acceptors (Lipinski definition) is 6. The van der Waals surface area contributed by atoms with Crippen LogP contribution in [0, 0.1) is 0 Å². The molecule has 0 atom stereocenters. The van der Waals surface area contributed by atoms with Crippen LogP contribution in [0.1, 0.15) is 6.92 Å². The Hall–Kier alpha value is -4.27. The number of anilines is 2. The van der Waals surface area contributed by atoms with E-state index in [9.17, 15) is 9.59 Å². The van der Waals surface area contributed by atoms with Crippen molar-refractivity contribution in [2.45, 2.75) is 6.92 Å². The second-order valence-corrected chi connectivity index (χ2v) is 6.48. The third-order valence-electron chi connectivity index (χ3n) is 4.15. The van der Waals surface area contributed by atoms with Crippen molar-refractivity contribution in [3.05, 3.63) is 67.0 Å². The molecule has 0 aliphatic heterocycles. The molecular weight excluding hydrogens is 384 g/mol. The largest absolute Gasteiger partial charge is 0.484 e. The van der Waals surface area contributed by atoms with Gasteiger partial charge >= 0.3 is 0 Å². The molecule has 2 heterocycles. The standard InChI is InChI=1S/C21H18N6O3/c1-14(28)23-16-5-7-18(8-6-16)30-12-21(29)24-17-4-2-3-15(11-17)19-9-10-20-25-22-13-27(20)26-19/h2-11,13H,12H2,1H3,(H,23,28)(H,24,29). The summed E-state index contributed by atoms with van der Waals surface area (Å²) in [4.78, 5) is 23.3. The van der Waals surface area contributed by atoms with Gasteiger partial charge in [-0.15, -0.1) is 10.2 Å². The van der Waals surface area contributed by atoms with Crippen LogP contribution < -0.4 is 15.4 Å². The maximum Gasteiger partial charge on any atom is 0.262 e. The summed E-state index contributed by atoms with van der Waals surface area (Å²) in [6, 6.07) is 17.8. The van der Waals surface area contributed by atoms with Gasteiger partial charge in [-0.3, -0.25) is 9.59 Å². The second kappa shape index (κ2) is 8.39. The van der Waals surface area contributed by atoms with Crippen molar-refractivity contribution in [2.75, 3.05) is 17.2 Å². The molecule has 0 aliphatic rings. The Kier molecular flexibility index (Phi) is 5.33. The summed E-state index contributed by atoms with van der Waals surface area (Å²) in [6.45, 7) is 1.29. The molecule has 4 rings (SSSR count). The smallest absolute Gasteiger partial charge is 0.262 e. The summed E-state index contributed by atoms with van der Waals surface area (Å²) >= 11 is 0. The highest BCUT2D eigenvalue weighted by Gasteiger charge is 2.07. The third-order valence-corrected chi connectivity index (χ3v) is 4.15. The van der Waals surface area contributed by atoms with Gasteiger partial charge in [0, 0.05) is 23.9 Å². The summed E-state index contributed by atoms with van der Waals surface area (Å²) in [7, 11) is 0. The normalized spacial score (nSPS) is 10.6. The highest BCUT2D eigenvalue weighted by atomic mass is 16.5. The van der Waals surface area contributed by atoms with E-state index in [0.29, 0.717) is 22.8 Å². The fourth-order valence-corrected chi connectivity index (χ4v) is 2.82. The van der Waals surface area contributed by atoms with Crippen molar-refractivity contribution in [2.24, 2.45) is 0 Å². The van der Waals surface area contributed by atoms with Crippen LogP contribution in [0.3, 0.4) is 0 Å². The number of ether oxygens (including phenoxy) is 1. The predicted octanol–water partition coefficient (Wildman–Crippen LogP) is 2.77. The summed E-state index contributed by atoms with van der Waals surface area (Å²) < 4.78 is 7.09. The van der Waals surface area contributed by atoms with Crippen molar-refractivity contribution in [1.82, 2.24) is 19.8 Å². The van der Waals surface area contributed by atoms with Gasteiger partial charge in [0.1, 0.15) is 12.1 Å². The van der Waals surface area contributed by atoms with Gasteiger partial charge in [-0.25, -0.2) is 0 Å². The van der Waals surface area contributed by atoms with Crippen LogP contribution in [-0.2, 0) is 9.59 Å². The van der Waals surface area contributed by atoms with Crippen LogP contribution in [0.15, 0.2) is 67.0 Å². The molecule has 0 saturated carbocycles. The molecule has 0 saturated heterocycles. The molecule has 0 aliphatic carbocycles. The van der Waals surface area contributed by atoms with Crippen molar-refractivity contribution >= 4 is 28.8 Å². The lowest BCUT2D eigenvalue weighted by molar-refractivity contribution is -0.118. The molecule has 9 nitrogen and oxygen atoms in total. The maximum absolute atomic E-state index is 12.3. The maximum atomic E-state index is 12.3. The first-order chi connectivity index (χ1) is 14.6.